The van der Waals surface area contributed by atoms with E-state index in [1.807, 2.05) is 37.5 Å². The molecule has 21 heavy (non-hydrogen) atoms. The molecule has 0 aliphatic carbocycles. The number of carbonyl (C=O) groups excluding carboxylic acids is 1. The predicted molar refractivity (Wildman–Crippen MR) is 79.8 cm³/mol. The Balaban J connectivity index is 1.96. The number of methoxy groups -OCH3 is 1. The number of ether oxygens (including phenoxy) is 1. The van der Waals surface area contributed by atoms with Crippen molar-refractivity contribution in [1.29, 1.82) is 0 Å². The number of hydrogen-bond acceptors (Lipinski definition) is 4. The second-order valence-corrected chi connectivity index (χ2v) is 4.73. The predicted octanol–water partition coefficient (Wildman–Crippen LogP) is 1.01. The summed E-state index contributed by atoms with van der Waals surface area (Å²) in [4.78, 5) is 12.2. The smallest absolute Gasteiger partial charge is 0.242 e. The largest absolute Gasteiger partial charge is 0.497 e. The summed E-state index contributed by atoms with van der Waals surface area (Å²) in [7, 11) is 5.21. The maximum Gasteiger partial charge on any atom is 0.242 e. The van der Waals surface area contributed by atoms with E-state index in [2.05, 4.69) is 15.7 Å². The molecule has 2 rings (SSSR count). The van der Waals surface area contributed by atoms with Crippen molar-refractivity contribution in [2.45, 2.75) is 12.6 Å². The third kappa shape index (κ3) is 3.82. The normalized spacial score (nSPS) is 12.0. The van der Waals surface area contributed by atoms with Gasteiger partial charge in [-0.25, -0.2) is 0 Å². The average Bonchev–Trinajstić information content (AvgIpc) is 2.92. The summed E-state index contributed by atoms with van der Waals surface area (Å²) >= 11 is 0. The Labute approximate surface area is 124 Å². The molecule has 0 aliphatic heterocycles. The molecule has 1 unspecified atom stereocenters. The molecule has 1 heterocycles. The molecule has 0 fully saturated rings. The lowest BCUT2D eigenvalue weighted by Crippen LogP contribution is -2.35. The molecule has 0 saturated heterocycles. The van der Waals surface area contributed by atoms with E-state index < -0.39 is 6.04 Å². The molecular weight excluding hydrogens is 268 g/mol. The number of likely N-dealkylation sites (N-methyl/N-ethyl adjacent to an activating group) is 1. The van der Waals surface area contributed by atoms with Crippen molar-refractivity contribution in [2.75, 3.05) is 14.2 Å². The van der Waals surface area contributed by atoms with Gasteiger partial charge in [0, 0.05) is 25.4 Å². The molecule has 0 aliphatic rings. The zero-order valence-electron chi connectivity index (χ0n) is 12.5. The number of aromatic nitrogens is 2. The van der Waals surface area contributed by atoms with Crippen LogP contribution in [-0.2, 0) is 18.4 Å². The summed E-state index contributed by atoms with van der Waals surface area (Å²) in [5.41, 5.74) is 1.86. The van der Waals surface area contributed by atoms with Gasteiger partial charge in [0.05, 0.1) is 13.3 Å². The Bertz CT molecular complexity index is 592. The minimum atomic E-state index is -0.406. The molecule has 0 bridgehead atoms. The lowest BCUT2D eigenvalue weighted by molar-refractivity contribution is -0.123. The van der Waals surface area contributed by atoms with Gasteiger partial charge in [-0.05, 0) is 24.7 Å². The highest BCUT2D eigenvalue weighted by Gasteiger charge is 2.19. The van der Waals surface area contributed by atoms with Crippen molar-refractivity contribution < 1.29 is 9.53 Å². The van der Waals surface area contributed by atoms with Crippen molar-refractivity contribution in [3.8, 4) is 5.75 Å². The van der Waals surface area contributed by atoms with E-state index in [1.54, 1.807) is 25.0 Å². The number of benzene rings is 1. The molecule has 2 aromatic rings. The summed E-state index contributed by atoms with van der Waals surface area (Å²) < 4.78 is 6.78. The molecule has 6 heteroatoms. The third-order valence-corrected chi connectivity index (χ3v) is 3.23. The molecular formula is C15H20N4O2. The number of hydrogen-bond donors (Lipinski definition) is 2. The highest BCUT2D eigenvalue weighted by atomic mass is 16.5. The number of nitrogens with zero attached hydrogens (tertiary/aromatic N) is 2. The Morgan fingerprint density at radius 2 is 2.10 bits per heavy atom. The molecule has 0 radical (unpaired) electrons. The molecule has 1 aromatic carbocycles. The van der Waals surface area contributed by atoms with Crippen LogP contribution in [0.2, 0.25) is 0 Å². The van der Waals surface area contributed by atoms with Gasteiger partial charge in [-0.2, -0.15) is 5.10 Å². The van der Waals surface area contributed by atoms with Crippen LogP contribution in [0.1, 0.15) is 17.2 Å². The van der Waals surface area contributed by atoms with Crippen LogP contribution in [0.25, 0.3) is 0 Å². The molecule has 112 valence electrons. The fraction of sp³-hybridized carbons (Fsp3) is 0.333. The van der Waals surface area contributed by atoms with Crippen LogP contribution in [0.15, 0.2) is 36.7 Å². The fourth-order valence-corrected chi connectivity index (χ4v) is 2.07. The standard InChI is InChI=1S/C15H20N4O2/c1-16-14(12-9-18-19(2)10-12)15(20)17-8-11-4-6-13(21-3)7-5-11/h4-7,9-10,14,16H,8H2,1-3H3,(H,17,20). The van der Waals surface area contributed by atoms with E-state index in [4.69, 9.17) is 4.74 Å². The van der Waals surface area contributed by atoms with E-state index in [9.17, 15) is 4.79 Å². The van der Waals surface area contributed by atoms with E-state index in [0.717, 1.165) is 16.9 Å². The quantitative estimate of drug-likeness (QED) is 0.832. The zero-order valence-corrected chi connectivity index (χ0v) is 12.5. The summed E-state index contributed by atoms with van der Waals surface area (Å²) in [5.74, 6) is 0.717. The second kappa shape index (κ2) is 6.90. The van der Waals surface area contributed by atoms with Gasteiger partial charge in [0.15, 0.2) is 0 Å². The first-order chi connectivity index (χ1) is 10.1. The highest BCUT2D eigenvalue weighted by Crippen LogP contribution is 2.13. The molecule has 0 saturated carbocycles. The van der Waals surface area contributed by atoms with Gasteiger partial charge in [0.1, 0.15) is 11.8 Å². The van der Waals surface area contributed by atoms with Crippen molar-refractivity contribution in [1.82, 2.24) is 20.4 Å². The summed E-state index contributed by atoms with van der Waals surface area (Å²) in [6, 6.07) is 7.20. The molecule has 0 spiro atoms. The van der Waals surface area contributed by atoms with Gasteiger partial charge in [-0.1, -0.05) is 12.1 Å². The van der Waals surface area contributed by atoms with Crippen molar-refractivity contribution in [3.63, 3.8) is 0 Å². The second-order valence-electron chi connectivity index (χ2n) is 4.73. The number of carbonyl (C=O) groups is 1. The van der Waals surface area contributed by atoms with Crippen molar-refractivity contribution in [2.24, 2.45) is 7.05 Å². The number of nitrogens with one attached hydrogen (secondary N) is 2. The third-order valence-electron chi connectivity index (χ3n) is 3.23. The number of rotatable bonds is 6. The van der Waals surface area contributed by atoms with Crippen LogP contribution in [0.4, 0.5) is 0 Å². The maximum absolute atomic E-state index is 12.2. The minimum absolute atomic E-state index is 0.0821. The molecule has 6 nitrogen and oxygen atoms in total. The lowest BCUT2D eigenvalue weighted by atomic mass is 10.1. The highest BCUT2D eigenvalue weighted by molar-refractivity contribution is 5.83. The summed E-state index contributed by atoms with van der Waals surface area (Å²) in [6.07, 6.45) is 3.52. The van der Waals surface area contributed by atoms with Gasteiger partial charge in [-0.3, -0.25) is 9.48 Å². The van der Waals surface area contributed by atoms with Crippen LogP contribution in [-0.4, -0.2) is 29.8 Å². The Hall–Kier alpha value is -2.34. The van der Waals surface area contributed by atoms with Crippen molar-refractivity contribution in [3.05, 3.63) is 47.8 Å². The van der Waals surface area contributed by atoms with Gasteiger partial charge in [-0.15, -0.1) is 0 Å². The summed E-state index contributed by atoms with van der Waals surface area (Å²) in [6.45, 7) is 0.473. The van der Waals surface area contributed by atoms with Crippen LogP contribution < -0.4 is 15.4 Å². The topological polar surface area (TPSA) is 68.2 Å². The summed E-state index contributed by atoms with van der Waals surface area (Å²) in [5, 5.41) is 10.0. The minimum Gasteiger partial charge on any atom is -0.497 e. The van der Waals surface area contributed by atoms with Gasteiger partial charge >= 0.3 is 0 Å². The van der Waals surface area contributed by atoms with Crippen LogP contribution in [0.5, 0.6) is 5.75 Å². The Morgan fingerprint density at radius 1 is 1.38 bits per heavy atom. The SMILES string of the molecule is CNC(C(=O)NCc1ccc(OC)cc1)c1cnn(C)c1. The Morgan fingerprint density at radius 3 is 2.62 bits per heavy atom. The monoisotopic (exact) mass is 288 g/mol. The first kappa shape index (κ1) is 15.1. The first-order valence-electron chi connectivity index (χ1n) is 6.70. The zero-order chi connectivity index (χ0) is 15.2. The van der Waals surface area contributed by atoms with E-state index in [0.29, 0.717) is 6.54 Å². The molecule has 1 atom stereocenters. The van der Waals surface area contributed by atoms with E-state index in [-0.39, 0.29) is 5.91 Å². The first-order valence-corrected chi connectivity index (χ1v) is 6.70. The molecule has 1 aromatic heterocycles. The number of amides is 1. The maximum atomic E-state index is 12.2. The average molecular weight is 288 g/mol. The van der Waals surface area contributed by atoms with Crippen LogP contribution in [0, 0.1) is 0 Å². The lowest BCUT2D eigenvalue weighted by Gasteiger charge is -2.14. The van der Waals surface area contributed by atoms with Gasteiger partial charge < -0.3 is 15.4 Å². The van der Waals surface area contributed by atoms with E-state index >= 15 is 0 Å². The van der Waals surface area contributed by atoms with E-state index in [1.165, 1.54) is 0 Å². The van der Waals surface area contributed by atoms with Crippen LogP contribution >= 0.6 is 0 Å². The van der Waals surface area contributed by atoms with Crippen molar-refractivity contribution >= 4 is 5.91 Å². The number of aryl methyl sites for hydroxylation is 1. The molecule has 1 amide bonds. The van der Waals surface area contributed by atoms with Crippen LogP contribution in [0.3, 0.4) is 0 Å². The van der Waals surface area contributed by atoms with Gasteiger partial charge in [0.2, 0.25) is 5.91 Å². The Kier molecular flexibility index (Phi) is 4.94. The molecule has 2 N–H and O–H groups in total. The fourth-order valence-electron chi connectivity index (χ4n) is 2.07. The van der Waals surface area contributed by atoms with Gasteiger partial charge in [0.25, 0.3) is 0 Å².